The minimum absolute atomic E-state index is 0.0796. The summed E-state index contributed by atoms with van der Waals surface area (Å²) < 4.78 is 11.0. The molecule has 2 aromatic carbocycles. The van der Waals surface area contributed by atoms with E-state index < -0.39 is 12.1 Å². The molecular formula is C23H26N2O4. The van der Waals surface area contributed by atoms with Crippen molar-refractivity contribution in [1.29, 1.82) is 0 Å². The Hall–Kier alpha value is -3.15. The molecule has 1 heterocycles. The molecule has 1 aromatic heterocycles. The molecule has 0 aliphatic carbocycles. The maximum absolute atomic E-state index is 12.1. The predicted molar refractivity (Wildman–Crippen MR) is 112 cm³/mol. The number of aromatic nitrogens is 2. The number of esters is 1. The SMILES string of the molecule is C[C@H](OC(=O)CCOc1ccc(C(C)(C)C)cc1)c1nc2ccccc2c(=O)[nH]1. The lowest BCUT2D eigenvalue weighted by Crippen LogP contribution is -2.18. The van der Waals surface area contributed by atoms with E-state index in [0.717, 1.165) is 0 Å². The third kappa shape index (κ3) is 5.22. The third-order valence-electron chi connectivity index (χ3n) is 4.62. The number of H-pyrrole nitrogens is 1. The van der Waals surface area contributed by atoms with Gasteiger partial charge in [0.2, 0.25) is 0 Å². The fourth-order valence-electron chi connectivity index (χ4n) is 2.91. The van der Waals surface area contributed by atoms with Crippen LogP contribution in [0.25, 0.3) is 10.9 Å². The van der Waals surface area contributed by atoms with Crippen LogP contribution in [-0.4, -0.2) is 22.5 Å². The molecule has 0 saturated heterocycles. The summed E-state index contributed by atoms with van der Waals surface area (Å²) in [5.41, 5.74) is 1.61. The topological polar surface area (TPSA) is 81.3 Å². The number of para-hydroxylation sites is 1. The van der Waals surface area contributed by atoms with E-state index in [-0.39, 0.29) is 24.0 Å². The van der Waals surface area contributed by atoms with Crippen molar-refractivity contribution >= 4 is 16.9 Å². The molecule has 0 saturated carbocycles. The van der Waals surface area contributed by atoms with Crippen LogP contribution in [0.2, 0.25) is 0 Å². The quantitative estimate of drug-likeness (QED) is 0.631. The number of hydrogen-bond acceptors (Lipinski definition) is 5. The van der Waals surface area contributed by atoms with E-state index >= 15 is 0 Å². The van der Waals surface area contributed by atoms with Crippen molar-refractivity contribution in [1.82, 2.24) is 9.97 Å². The Kier molecular flexibility index (Phi) is 6.01. The molecule has 0 aliphatic rings. The molecule has 0 spiro atoms. The van der Waals surface area contributed by atoms with Crippen LogP contribution in [0.5, 0.6) is 5.75 Å². The summed E-state index contributed by atoms with van der Waals surface area (Å²) in [4.78, 5) is 31.3. The number of rotatable bonds is 6. The zero-order valence-electron chi connectivity index (χ0n) is 17.2. The average molecular weight is 394 g/mol. The largest absolute Gasteiger partial charge is 0.493 e. The van der Waals surface area contributed by atoms with Crippen molar-refractivity contribution in [3.8, 4) is 5.75 Å². The summed E-state index contributed by atoms with van der Waals surface area (Å²) in [5, 5.41) is 0.501. The number of carbonyl (C=O) groups is 1. The second kappa shape index (κ2) is 8.47. The smallest absolute Gasteiger partial charge is 0.309 e. The van der Waals surface area contributed by atoms with Gasteiger partial charge in [-0.1, -0.05) is 45.0 Å². The van der Waals surface area contributed by atoms with Gasteiger partial charge in [-0.05, 0) is 42.2 Å². The van der Waals surface area contributed by atoms with Gasteiger partial charge in [-0.15, -0.1) is 0 Å². The van der Waals surface area contributed by atoms with Crippen LogP contribution in [0.1, 0.15) is 51.6 Å². The molecule has 3 aromatic rings. The van der Waals surface area contributed by atoms with E-state index in [1.54, 1.807) is 31.2 Å². The van der Waals surface area contributed by atoms with E-state index in [9.17, 15) is 9.59 Å². The van der Waals surface area contributed by atoms with Crippen LogP contribution >= 0.6 is 0 Å². The van der Waals surface area contributed by atoms with Crippen LogP contribution in [0.3, 0.4) is 0 Å². The summed E-state index contributed by atoms with van der Waals surface area (Å²) in [7, 11) is 0. The number of aromatic amines is 1. The number of ether oxygens (including phenoxy) is 2. The highest BCUT2D eigenvalue weighted by Gasteiger charge is 2.16. The highest BCUT2D eigenvalue weighted by atomic mass is 16.5. The van der Waals surface area contributed by atoms with E-state index in [1.165, 1.54) is 5.56 Å². The molecule has 29 heavy (non-hydrogen) atoms. The van der Waals surface area contributed by atoms with Crippen molar-refractivity contribution in [2.24, 2.45) is 0 Å². The van der Waals surface area contributed by atoms with Gasteiger partial charge in [-0.25, -0.2) is 4.98 Å². The molecule has 1 atom stereocenters. The lowest BCUT2D eigenvalue weighted by Gasteiger charge is -2.19. The molecular weight excluding hydrogens is 368 g/mol. The zero-order valence-corrected chi connectivity index (χ0v) is 17.2. The summed E-state index contributed by atoms with van der Waals surface area (Å²) in [6, 6.07) is 14.9. The number of carbonyl (C=O) groups excluding carboxylic acids is 1. The predicted octanol–water partition coefficient (Wildman–Crippen LogP) is 4.29. The highest BCUT2D eigenvalue weighted by Crippen LogP contribution is 2.24. The van der Waals surface area contributed by atoms with E-state index in [1.807, 2.05) is 24.3 Å². The van der Waals surface area contributed by atoms with Gasteiger partial charge in [-0.3, -0.25) is 9.59 Å². The standard InChI is InChI=1S/C23H26N2O4/c1-15(21-24-19-8-6-5-7-18(19)22(27)25-21)29-20(26)13-14-28-17-11-9-16(10-12-17)23(2,3)4/h5-12,15H,13-14H2,1-4H3,(H,24,25,27)/t15-/m0/s1. The van der Waals surface area contributed by atoms with Gasteiger partial charge in [0.15, 0.2) is 11.9 Å². The highest BCUT2D eigenvalue weighted by molar-refractivity contribution is 5.77. The maximum atomic E-state index is 12.1. The van der Waals surface area contributed by atoms with Gasteiger partial charge in [-0.2, -0.15) is 0 Å². The molecule has 0 bridgehead atoms. The summed E-state index contributed by atoms with van der Waals surface area (Å²) in [6.07, 6.45) is -0.561. The Labute approximate surface area is 169 Å². The normalized spacial score (nSPS) is 12.6. The van der Waals surface area contributed by atoms with Gasteiger partial charge in [0.25, 0.3) is 5.56 Å². The van der Waals surface area contributed by atoms with Gasteiger partial charge < -0.3 is 14.5 Å². The van der Waals surface area contributed by atoms with Gasteiger partial charge in [0, 0.05) is 0 Å². The minimum atomic E-state index is -0.661. The van der Waals surface area contributed by atoms with Crippen molar-refractivity contribution < 1.29 is 14.3 Å². The first-order valence-electron chi connectivity index (χ1n) is 9.66. The first-order chi connectivity index (χ1) is 13.7. The molecule has 1 N–H and O–H groups in total. The molecule has 0 fully saturated rings. The Morgan fingerprint density at radius 3 is 2.48 bits per heavy atom. The zero-order chi connectivity index (χ0) is 21.0. The number of benzene rings is 2. The fraction of sp³-hybridized carbons (Fsp3) is 0.348. The lowest BCUT2D eigenvalue weighted by atomic mass is 9.87. The van der Waals surface area contributed by atoms with Crippen molar-refractivity contribution in [2.45, 2.75) is 45.6 Å². The molecule has 0 unspecified atom stereocenters. The second-order valence-electron chi connectivity index (χ2n) is 7.97. The number of fused-ring (bicyclic) bond motifs is 1. The van der Waals surface area contributed by atoms with Crippen LogP contribution in [0.4, 0.5) is 0 Å². The minimum Gasteiger partial charge on any atom is -0.493 e. The molecule has 0 amide bonds. The number of hydrogen-bond donors (Lipinski definition) is 1. The van der Waals surface area contributed by atoms with Gasteiger partial charge in [0.05, 0.1) is 23.9 Å². The molecule has 6 heteroatoms. The average Bonchev–Trinajstić information content (AvgIpc) is 2.67. The lowest BCUT2D eigenvalue weighted by molar-refractivity contribution is -0.149. The Morgan fingerprint density at radius 1 is 1.10 bits per heavy atom. The third-order valence-corrected chi connectivity index (χ3v) is 4.62. The number of nitrogens with zero attached hydrogens (tertiary/aromatic N) is 1. The maximum Gasteiger partial charge on any atom is 0.309 e. The Morgan fingerprint density at radius 2 is 1.79 bits per heavy atom. The summed E-state index contributed by atoms with van der Waals surface area (Å²) in [5.74, 6) is 0.611. The first kappa shape index (κ1) is 20.6. The molecule has 6 nitrogen and oxygen atoms in total. The van der Waals surface area contributed by atoms with Crippen molar-refractivity contribution in [3.63, 3.8) is 0 Å². The second-order valence-corrected chi connectivity index (χ2v) is 7.97. The van der Waals surface area contributed by atoms with E-state index in [0.29, 0.717) is 22.5 Å². The number of nitrogens with one attached hydrogen (secondary N) is 1. The molecule has 152 valence electrons. The summed E-state index contributed by atoms with van der Waals surface area (Å²) >= 11 is 0. The van der Waals surface area contributed by atoms with E-state index in [4.69, 9.17) is 9.47 Å². The monoisotopic (exact) mass is 394 g/mol. The van der Waals surface area contributed by atoms with Gasteiger partial charge in [0.1, 0.15) is 5.75 Å². The fourth-order valence-corrected chi connectivity index (χ4v) is 2.91. The van der Waals surface area contributed by atoms with E-state index in [2.05, 4.69) is 30.7 Å². The van der Waals surface area contributed by atoms with Crippen LogP contribution in [-0.2, 0) is 14.9 Å². The Bertz CT molecular complexity index is 1050. The molecule has 0 aliphatic heterocycles. The van der Waals surface area contributed by atoms with Crippen LogP contribution in [0.15, 0.2) is 53.3 Å². The van der Waals surface area contributed by atoms with Gasteiger partial charge >= 0.3 is 5.97 Å². The van der Waals surface area contributed by atoms with Crippen molar-refractivity contribution in [2.75, 3.05) is 6.61 Å². The van der Waals surface area contributed by atoms with Crippen LogP contribution in [0, 0.1) is 0 Å². The Balaban J connectivity index is 1.53. The van der Waals surface area contributed by atoms with Crippen LogP contribution < -0.4 is 10.3 Å². The first-order valence-corrected chi connectivity index (χ1v) is 9.66. The molecule has 3 rings (SSSR count). The summed E-state index contributed by atoms with van der Waals surface area (Å²) in [6.45, 7) is 8.34. The molecule has 0 radical (unpaired) electrons. The van der Waals surface area contributed by atoms with Crippen molar-refractivity contribution in [3.05, 3.63) is 70.3 Å².